The Morgan fingerprint density at radius 2 is 1.37 bits per heavy atom. The van der Waals surface area contributed by atoms with Crippen molar-refractivity contribution in [3.8, 4) is 0 Å². The summed E-state index contributed by atoms with van der Waals surface area (Å²) in [6.07, 6.45) is -14.9. The second-order valence-electron chi connectivity index (χ2n) is 21.2. The Labute approximate surface area is 368 Å². The van der Waals surface area contributed by atoms with Crippen molar-refractivity contribution in [3.63, 3.8) is 0 Å². The van der Waals surface area contributed by atoms with Crippen LogP contribution in [0.5, 0.6) is 0 Å². The van der Waals surface area contributed by atoms with Crippen molar-refractivity contribution in [1.82, 2.24) is 0 Å². The fourth-order valence-electron chi connectivity index (χ4n) is 13.8. The molecule has 8 aliphatic rings. The smallest absolute Gasteiger partial charge is 0.187 e. The third-order valence-electron chi connectivity index (χ3n) is 17.6. The monoisotopic (exact) mass is 906 g/mol. The van der Waals surface area contributed by atoms with Gasteiger partial charge in [-0.2, -0.15) is 0 Å². The molecule has 63 heavy (non-hydrogen) atoms. The first-order valence-corrected chi connectivity index (χ1v) is 23.3. The van der Waals surface area contributed by atoms with Gasteiger partial charge in [0.1, 0.15) is 67.1 Å². The molecule has 19 heteroatoms. The van der Waals surface area contributed by atoms with Gasteiger partial charge in [-0.05, 0) is 97.7 Å². The summed E-state index contributed by atoms with van der Waals surface area (Å²) in [5.74, 6) is 0.0396. The zero-order valence-corrected chi connectivity index (χ0v) is 36.8. The molecule has 0 bridgehead atoms. The largest absolute Gasteiger partial charge is 0.394 e. The summed E-state index contributed by atoms with van der Waals surface area (Å²) >= 11 is 0. The molecule has 8 fully saturated rings. The topological polar surface area (TPSA) is 307 Å². The van der Waals surface area contributed by atoms with Crippen LogP contribution < -0.4 is 0 Å². The van der Waals surface area contributed by atoms with Gasteiger partial charge in [0.15, 0.2) is 24.7 Å². The van der Waals surface area contributed by atoms with Crippen molar-refractivity contribution in [3.05, 3.63) is 0 Å². The number of rotatable bonds is 12. The van der Waals surface area contributed by atoms with Gasteiger partial charge in [-0.3, -0.25) is 0 Å². The van der Waals surface area contributed by atoms with Gasteiger partial charge in [-0.1, -0.05) is 27.7 Å². The second kappa shape index (κ2) is 18.6. The minimum absolute atomic E-state index is 0.0436. The van der Waals surface area contributed by atoms with Gasteiger partial charge in [-0.25, -0.2) is 0 Å². The molecular formula is C44H74O19. The minimum atomic E-state index is -1.66. The van der Waals surface area contributed by atoms with Gasteiger partial charge in [0, 0.05) is 12.3 Å². The van der Waals surface area contributed by atoms with Gasteiger partial charge in [0.25, 0.3) is 0 Å². The first-order valence-electron chi connectivity index (χ1n) is 23.3. The second-order valence-corrected chi connectivity index (χ2v) is 21.2. The van der Waals surface area contributed by atoms with Gasteiger partial charge < -0.3 is 94.4 Å². The van der Waals surface area contributed by atoms with Crippen LogP contribution in [0.15, 0.2) is 0 Å². The highest BCUT2D eigenvalue weighted by Crippen LogP contribution is 2.71. The molecule has 0 aromatic rings. The summed E-state index contributed by atoms with van der Waals surface area (Å²) in [5.41, 5.74) is -0.225. The van der Waals surface area contributed by atoms with E-state index in [4.69, 9.17) is 33.2 Å². The van der Waals surface area contributed by atoms with E-state index in [2.05, 4.69) is 20.8 Å². The van der Waals surface area contributed by atoms with Gasteiger partial charge in [0.05, 0.1) is 44.7 Å². The van der Waals surface area contributed by atoms with Gasteiger partial charge in [-0.15, -0.1) is 0 Å². The standard InChI is InChI=1S/C44H74O19/c1-18(15-57-40-37(54)34(51)32(49)28(14-45)61-40)7-10-44(56)19(2)30-27(63-44)12-23-21-6-5-20-11-26(24(46)13-43(20,4)22(21)8-9-42(23,30)3)60-41-38(55)35(52)33(50)29(62-41)17-59-39-36(53)31(48)25(47)16-58-39/h18-41,45-56H,5-17H2,1-4H3/t18-,19+,20?,21?,22?,23?,24?,25-,26-,27?,28?,29?,30?,31?,32-,33-,34?,35?,36?,37?,38?,39+,40-,41-,42+,43+,44-/m1/s1. The van der Waals surface area contributed by atoms with E-state index in [0.717, 1.165) is 32.1 Å². The molecule has 15 unspecified atom stereocenters. The van der Waals surface area contributed by atoms with Crippen LogP contribution in [0.3, 0.4) is 0 Å². The molecule has 19 nitrogen and oxygen atoms in total. The summed E-state index contributed by atoms with van der Waals surface area (Å²) in [6.45, 7) is 7.67. The van der Waals surface area contributed by atoms with E-state index in [1.807, 2.05) is 6.92 Å². The third-order valence-corrected chi connectivity index (χ3v) is 17.6. The highest BCUT2D eigenvalue weighted by Gasteiger charge is 2.69. The number of ether oxygens (including phenoxy) is 7. The van der Waals surface area contributed by atoms with E-state index in [0.29, 0.717) is 43.4 Å². The van der Waals surface area contributed by atoms with Crippen LogP contribution in [-0.4, -0.2) is 198 Å². The predicted molar refractivity (Wildman–Crippen MR) is 214 cm³/mol. The highest BCUT2D eigenvalue weighted by atomic mass is 16.7. The fourth-order valence-corrected chi connectivity index (χ4v) is 13.8. The lowest BCUT2D eigenvalue weighted by Crippen LogP contribution is -2.62. The number of fused-ring (bicyclic) bond motifs is 7. The van der Waals surface area contributed by atoms with Crippen molar-refractivity contribution < 1.29 is 94.4 Å². The average molecular weight is 907 g/mol. The lowest BCUT2D eigenvalue weighted by Gasteiger charge is -2.62. The first kappa shape index (κ1) is 48.7. The van der Waals surface area contributed by atoms with E-state index in [9.17, 15) is 61.3 Å². The molecule has 12 N–H and O–H groups in total. The molecule has 0 spiro atoms. The van der Waals surface area contributed by atoms with E-state index < -0.39 is 117 Å². The zero-order valence-electron chi connectivity index (χ0n) is 36.8. The van der Waals surface area contributed by atoms with Crippen molar-refractivity contribution in [2.24, 2.45) is 52.3 Å². The summed E-state index contributed by atoms with van der Waals surface area (Å²) in [7, 11) is 0. The maximum atomic E-state index is 12.0. The lowest BCUT2D eigenvalue weighted by atomic mass is 9.44. The predicted octanol–water partition coefficient (Wildman–Crippen LogP) is -2.17. The first-order chi connectivity index (χ1) is 29.7. The molecule has 8 rings (SSSR count). The molecule has 4 aliphatic carbocycles. The molecule has 0 amide bonds. The Balaban J connectivity index is 0.848. The molecule has 0 aromatic heterocycles. The number of hydrogen-bond acceptors (Lipinski definition) is 19. The Hall–Kier alpha value is -0.760. The number of aliphatic hydroxyl groups is 12. The summed E-state index contributed by atoms with van der Waals surface area (Å²) < 4.78 is 40.9. The van der Waals surface area contributed by atoms with Crippen LogP contribution in [0.2, 0.25) is 0 Å². The van der Waals surface area contributed by atoms with Crippen molar-refractivity contribution >= 4 is 0 Å². The fraction of sp³-hybridized carbons (Fsp3) is 1.00. The molecule has 4 aliphatic heterocycles. The molecule has 364 valence electrons. The highest BCUT2D eigenvalue weighted by molar-refractivity contribution is 5.15. The van der Waals surface area contributed by atoms with Crippen LogP contribution in [0.1, 0.15) is 85.5 Å². The maximum absolute atomic E-state index is 12.0. The van der Waals surface area contributed by atoms with Crippen molar-refractivity contribution in [2.45, 2.75) is 196 Å². The quantitative estimate of drug-likeness (QED) is 0.0928. The Morgan fingerprint density at radius 3 is 2.08 bits per heavy atom. The van der Waals surface area contributed by atoms with Crippen LogP contribution >= 0.6 is 0 Å². The van der Waals surface area contributed by atoms with E-state index in [-0.39, 0.29) is 53.8 Å². The molecule has 27 atom stereocenters. The molecule has 4 heterocycles. The summed E-state index contributed by atoms with van der Waals surface area (Å²) in [5, 5.41) is 126. The van der Waals surface area contributed by atoms with Crippen LogP contribution in [-0.2, 0) is 33.2 Å². The molecule has 0 radical (unpaired) electrons. The SMILES string of the molecule is C[C@H](CC[C@@]1(O)OC2CC3C4CCC5C[C@@H](O[C@@H]6OC(CO[C@@H]7OC[C@@H](O)C(O)C7O)[C@@H](O)C(O)C6O)C(O)C[C@]5(C)C4CC[C@]3(C)C2[C@@H]1C)CO[C@@H]1OC(CO)[C@@H](O)C(O)C1O. The lowest BCUT2D eigenvalue weighted by molar-refractivity contribution is -0.336. The average Bonchev–Trinajstić information content (AvgIpc) is 3.69. The Bertz CT molecular complexity index is 1550. The Kier molecular flexibility index (Phi) is 14.4. The van der Waals surface area contributed by atoms with Crippen LogP contribution in [0.25, 0.3) is 0 Å². The summed E-state index contributed by atoms with van der Waals surface area (Å²) in [6, 6.07) is 0. The van der Waals surface area contributed by atoms with Crippen LogP contribution in [0, 0.1) is 52.3 Å². The van der Waals surface area contributed by atoms with Crippen LogP contribution in [0.4, 0.5) is 0 Å². The van der Waals surface area contributed by atoms with Gasteiger partial charge >= 0.3 is 0 Å². The van der Waals surface area contributed by atoms with E-state index >= 15 is 0 Å². The van der Waals surface area contributed by atoms with E-state index in [1.54, 1.807) is 0 Å². The summed E-state index contributed by atoms with van der Waals surface area (Å²) in [4.78, 5) is 0. The molecular weight excluding hydrogens is 832 g/mol. The Morgan fingerprint density at radius 1 is 0.698 bits per heavy atom. The van der Waals surface area contributed by atoms with Gasteiger partial charge in [0.2, 0.25) is 0 Å². The third kappa shape index (κ3) is 8.69. The van der Waals surface area contributed by atoms with Crippen molar-refractivity contribution in [2.75, 3.05) is 26.4 Å². The minimum Gasteiger partial charge on any atom is -0.394 e. The normalized spacial score (nSPS) is 56.3. The van der Waals surface area contributed by atoms with E-state index in [1.165, 1.54) is 0 Å². The van der Waals surface area contributed by atoms with Crippen molar-refractivity contribution in [1.29, 1.82) is 0 Å². The number of aliphatic hydroxyl groups excluding tert-OH is 11. The zero-order chi connectivity index (χ0) is 45.5. The molecule has 4 saturated heterocycles. The maximum Gasteiger partial charge on any atom is 0.187 e. The molecule has 0 aromatic carbocycles. The molecule has 4 saturated carbocycles. The number of hydrogen-bond donors (Lipinski definition) is 12.